The number of benzene rings is 2. The number of rotatable bonds is 4. The second-order valence-electron chi connectivity index (χ2n) is 4.97. The average Bonchev–Trinajstić information content (AvgIpc) is 2.83. The van der Waals surface area contributed by atoms with Gasteiger partial charge in [0.15, 0.2) is 11.6 Å². The summed E-state index contributed by atoms with van der Waals surface area (Å²) in [6.45, 7) is -0.136. The van der Waals surface area contributed by atoms with Crippen molar-refractivity contribution in [2.24, 2.45) is 7.05 Å². The van der Waals surface area contributed by atoms with E-state index in [9.17, 15) is 4.39 Å². The molecule has 22 heavy (non-hydrogen) atoms. The predicted molar refractivity (Wildman–Crippen MR) is 83.1 cm³/mol. The number of nitrogens with two attached hydrogens (primary N) is 1. The van der Waals surface area contributed by atoms with Crippen molar-refractivity contribution in [1.29, 1.82) is 0 Å². The zero-order chi connectivity index (χ0) is 15.7. The number of ether oxygens (including phenoxy) is 1. The molecule has 0 saturated heterocycles. The molecule has 0 aliphatic rings. The van der Waals surface area contributed by atoms with E-state index in [0.29, 0.717) is 11.4 Å². The Morgan fingerprint density at radius 1 is 1.27 bits per heavy atom. The van der Waals surface area contributed by atoms with Crippen molar-refractivity contribution < 1.29 is 14.2 Å². The van der Waals surface area contributed by atoms with Gasteiger partial charge < -0.3 is 15.6 Å². The van der Waals surface area contributed by atoms with Crippen LogP contribution in [0.15, 0.2) is 36.4 Å². The number of nitrogens with zero attached hydrogens (tertiary/aromatic N) is 2. The Hall–Kier alpha value is -2.60. The van der Waals surface area contributed by atoms with Crippen LogP contribution in [0.2, 0.25) is 0 Å². The number of aromatic nitrogens is 2. The SMILES string of the molecule is Cn1nc(-c2ccc(F)c(OCCO)c2)c2cc(N)ccc21. The maximum atomic E-state index is 13.7. The lowest BCUT2D eigenvalue weighted by molar-refractivity contribution is 0.196. The van der Waals surface area contributed by atoms with Crippen molar-refractivity contribution >= 4 is 16.6 Å². The van der Waals surface area contributed by atoms with Gasteiger partial charge in [-0.1, -0.05) is 0 Å². The van der Waals surface area contributed by atoms with Crippen LogP contribution in [-0.2, 0) is 7.05 Å². The highest BCUT2D eigenvalue weighted by Crippen LogP contribution is 2.32. The number of fused-ring (bicyclic) bond motifs is 1. The molecule has 0 unspecified atom stereocenters. The standard InChI is InChI=1S/C16H16FN3O2/c1-20-14-5-3-11(18)9-12(14)16(19-20)10-2-4-13(17)15(8-10)22-7-6-21/h2-5,8-9,21H,6-7,18H2,1H3. The highest BCUT2D eigenvalue weighted by Gasteiger charge is 2.13. The van der Waals surface area contributed by atoms with E-state index >= 15 is 0 Å². The first-order valence-electron chi connectivity index (χ1n) is 6.86. The van der Waals surface area contributed by atoms with E-state index < -0.39 is 5.82 Å². The second-order valence-corrected chi connectivity index (χ2v) is 4.97. The average molecular weight is 301 g/mol. The van der Waals surface area contributed by atoms with Crippen LogP contribution in [0.3, 0.4) is 0 Å². The van der Waals surface area contributed by atoms with Crippen LogP contribution in [0.4, 0.5) is 10.1 Å². The van der Waals surface area contributed by atoms with E-state index in [0.717, 1.165) is 16.5 Å². The Balaban J connectivity index is 2.13. The van der Waals surface area contributed by atoms with E-state index in [-0.39, 0.29) is 19.0 Å². The molecule has 3 N–H and O–H groups in total. The summed E-state index contributed by atoms with van der Waals surface area (Å²) in [7, 11) is 1.84. The lowest BCUT2D eigenvalue weighted by Crippen LogP contribution is -2.03. The fourth-order valence-corrected chi connectivity index (χ4v) is 2.41. The van der Waals surface area contributed by atoms with Crippen molar-refractivity contribution in [2.75, 3.05) is 18.9 Å². The minimum absolute atomic E-state index is 0.0380. The van der Waals surface area contributed by atoms with Crippen LogP contribution < -0.4 is 10.5 Å². The lowest BCUT2D eigenvalue weighted by atomic mass is 10.1. The third-order valence-corrected chi connectivity index (χ3v) is 3.43. The molecule has 6 heteroatoms. The summed E-state index contributed by atoms with van der Waals surface area (Å²) in [5.41, 5.74) is 8.86. The van der Waals surface area contributed by atoms with E-state index in [1.807, 2.05) is 25.2 Å². The third-order valence-electron chi connectivity index (χ3n) is 3.43. The Morgan fingerprint density at radius 3 is 2.86 bits per heavy atom. The zero-order valence-electron chi connectivity index (χ0n) is 12.1. The molecule has 0 aliphatic heterocycles. The molecule has 0 fully saturated rings. The van der Waals surface area contributed by atoms with Gasteiger partial charge in [0, 0.05) is 23.7 Å². The highest BCUT2D eigenvalue weighted by atomic mass is 19.1. The molecule has 5 nitrogen and oxygen atoms in total. The summed E-state index contributed by atoms with van der Waals surface area (Å²) in [6.07, 6.45) is 0. The third kappa shape index (κ3) is 2.48. The van der Waals surface area contributed by atoms with Crippen LogP contribution >= 0.6 is 0 Å². The maximum Gasteiger partial charge on any atom is 0.165 e. The fraction of sp³-hybridized carbons (Fsp3) is 0.188. The van der Waals surface area contributed by atoms with Gasteiger partial charge in [0.2, 0.25) is 0 Å². The largest absolute Gasteiger partial charge is 0.488 e. The minimum atomic E-state index is -0.475. The zero-order valence-corrected chi connectivity index (χ0v) is 12.1. The van der Waals surface area contributed by atoms with Crippen molar-refractivity contribution in [3.8, 4) is 17.0 Å². The van der Waals surface area contributed by atoms with Crippen LogP contribution in [0.1, 0.15) is 0 Å². The summed E-state index contributed by atoms with van der Waals surface area (Å²) in [4.78, 5) is 0. The van der Waals surface area contributed by atoms with Crippen LogP contribution in [0.5, 0.6) is 5.75 Å². The second kappa shape index (κ2) is 5.65. The molecule has 0 aliphatic carbocycles. The van der Waals surface area contributed by atoms with Crippen molar-refractivity contribution in [2.45, 2.75) is 0 Å². The van der Waals surface area contributed by atoms with Gasteiger partial charge in [-0.3, -0.25) is 4.68 Å². The Morgan fingerprint density at radius 2 is 2.09 bits per heavy atom. The van der Waals surface area contributed by atoms with Gasteiger partial charge in [-0.05, 0) is 36.4 Å². The lowest BCUT2D eigenvalue weighted by Gasteiger charge is -2.07. The van der Waals surface area contributed by atoms with Crippen LogP contribution in [0, 0.1) is 5.82 Å². The molecule has 114 valence electrons. The maximum absolute atomic E-state index is 13.7. The summed E-state index contributed by atoms with van der Waals surface area (Å²) in [6, 6.07) is 10.1. The van der Waals surface area contributed by atoms with E-state index in [1.54, 1.807) is 16.8 Å². The number of hydrogen-bond acceptors (Lipinski definition) is 4. The molecule has 0 bridgehead atoms. The highest BCUT2D eigenvalue weighted by molar-refractivity contribution is 5.95. The fourth-order valence-electron chi connectivity index (χ4n) is 2.41. The monoisotopic (exact) mass is 301 g/mol. The molecule has 1 aromatic heterocycles. The van der Waals surface area contributed by atoms with Gasteiger partial charge in [-0.2, -0.15) is 5.10 Å². The molecule has 1 heterocycles. The molecule has 0 radical (unpaired) electrons. The van der Waals surface area contributed by atoms with Gasteiger partial charge in [-0.15, -0.1) is 0 Å². The van der Waals surface area contributed by atoms with Crippen molar-refractivity contribution in [3.05, 3.63) is 42.2 Å². The number of nitrogen functional groups attached to an aromatic ring is 1. The summed E-state index contributed by atoms with van der Waals surface area (Å²) >= 11 is 0. The summed E-state index contributed by atoms with van der Waals surface area (Å²) in [5.74, 6) is -0.383. The minimum Gasteiger partial charge on any atom is -0.488 e. The molecule has 3 aromatic rings. The van der Waals surface area contributed by atoms with Crippen molar-refractivity contribution in [1.82, 2.24) is 9.78 Å². The Kier molecular flexibility index (Phi) is 3.68. The first-order valence-corrected chi connectivity index (χ1v) is 6.86. The van der Waals surface area contributed by atoms with E-state index in [4.69, 9.17) is 15.6 Å². The number of aliphatic hydroxyl groups excluding tert-OH is 1. The Bertz CT molecular complexity index is 830. The quantitative estimate of drug-likeness (QED) is 0.725. The molecule has 2 aromatic carbocycles. The molecule has 0 saturated carbocycles. The summed E-state index contributed by atoms with van der Waals surface area (Å²) in [5, 5.41) is 14.2. The van der Waals surface area contributed by atoms with E-state index in [1.165, 1.54) is 6.07 Å². The topological polar surface area (TPSA) is 73.3 Å². The first-order chi connectivity index (χ1) is 10.6. The van der Waals surface area contributed by atoms with E-state index in [2.05, 4.69) is 5.10 Å². The molecule has 0 amide bonds. The van der Waals surface area contributed by atoms with Crippen LogP contribution in [0.25, 0.3) is 22.2 Å². The van der Waals surface area contributed by atoms with Gasteiger partial charge >= 0.3 is 0 Å². The number of halogens is 1. The predicted octanol–water partition coefficient (Wildman–Crippen LogP) is 2.33. The van der Waals surface area contributed by atoms with Crippen molar-refractivity contribution in [3.63, 3.8) is 0 Å². The van der Waals surface area contributed by atoms with Crippen LogP contribution in [-0.4, -0.2) is 28.1 Å². The first kappa shape index (κ1) is 14.3. The molecule has 0 atom stereocenters. The normalized spacial score (nSPS) is 11.0. The van der Waals surface area contributed by atoms with Gasteiger partial charge in [-0.25, -0.2) is 4.39 Å². The molecular formula is C16H16FN3O2. The molecule has 3 rings (SSSR count). The van der Waals surface area contributed by atoms with Gasteiger partial charge in [0.1, 0.15) is 12.3 Å². The number of aliphatic hydroxyl groups is 1. The van der Waals surface area contributed by atoms with Gasteiger partial charge in [0.25, 0.3) is 0 Å². The Labute approximate surface area is 126 Å². The number of anilines is 1. The number of aryl methyl sites for hydroxylation is 1. The van der Waals surface area contributed by atoms with Gasteiger partial charge in [0.05, 0.1) is 12.1 Å². The molecule has 0 spiro atoms. The summed E-state index contributed by atoms with van der Waals surface area (Å²) < 4.78 is 20.7. The number of hydrogen-bond donors (Lipinski definition) is 2. The smallest absolute Gasteiger partial charge is 0.165 e. The molecular weight excluding hydrogens is 285 g/mol.